The van der Waals surface area contributed by atoms with Crippen molar-refractivity contribution in [1.82, 2.24) is 5.32 Å². The van der Waals surface area contributed by atoms with Gasteiger partial charge in [0.1, 0.15) is 11.5 Å². The fourth-order valence-electron chi connectivity index (χ4n) is 1.45. The lowest BCUT2D eigenvalue weighted by molar-refractivity contribution is 0.173. The van der Waals surface area contributed by atoms with E-state index in [2.05, 4.69) is 21.2 Å². The van der Waals surface area contributed by atoms with Gasteiger partial charge in [-0.2, -0.15) is 0 Å². The van der Waals surface area contributed by atoms with Crippen molar-refractivity contribution in [2.24, 2.45) is 0 Å². The third-order valence-electron chi connectivity index (χ3n) is 2.26. The number of methoxy groups -OCH3 is 2. The van der Waals surface area contributed by atoms with E-state index in [0.29, 0.717) is 18.0 Å². The van der Waals surface area contributed by atoms with Crippen molar-refractivity contribution in [3.05, 3.63) is 22.2 Å². The minimum absolute atomic E-state index is 0.467. The smallest absolute Gasteiger partial charge is 0.136 e. The highest BCUT2D eigenvalue weighted by molar-refractivity contribution is 9.10. The number of likely N-dealkylation sites (N-methyl/N-ethyl adjacent to an activating group) is 1. The maximum atomic E-state index is 9.92. The van der Waals surface area contributed by atoms with Crippen molar-refractivity contribution in [2.75, 3.05) is 27.8 Å². The highest BCUT2D eigenvalue weighted by Crippen LogP contribution is 2.35. The molecular weight excluding hydrogens is 274 g/mol. The number of hydrogen-bond acceptors (Lipinski definition) is 4. The van der Waals surface area contributed by atoms with Gasteiger partial charge in [0.05, 0.1) is 24.8 Å². The van der Waals surface area contributed by atoms with Crippen molar-refractivity contribution in [3.63, 3.8) is 0 Å². The number of halogens is 1. The Hall–Kier alpha value is -0.780. The fraction of sp³-hybridized carbons (Fsp3) is 0.455. The van der Waals surface area contributed by atoms with Crippen molar-refractivity contribution < 1.29 is 14.6 Å². The molecule has 0 aliphatic heterocycles. The van der Waals surface area contributed by atoms with Crippen LogP contribution in [0.5, 0.6) is 11.5 Å². The number of rotatable bonds is 5. The molecule has 0 spiro atoms. The van der Waals surface area contributed by atoms with E-state index in [-0.39, 0.29) is 0 Å². The molecule has 0 bridgehead atoms. The molecule has 0 aliphatic carbocycles. The normalized spacial score (nSPS) is 12.3. The lowest BCUT2D eigenvalue weighted by Crippen LogP contribution is -2.17. The number of hydrogen-bond donors (Lipinski definition) is 2. The molecule has 1 aromatic carbocycles. The van der Waals surface area contributed by atoms with Gasteiger partial charge in [0.15, 0.2) is 0 Å². The van der Waals surface area contributed by atoms with Gasteiger partial charge in [-0.1, -0.05) is 0 Å². The quantitative estimate of drug-likeness (QED) is 0.867. The summed E-state index contributed by atoms with van der Waals surface area (Å²) < 4.78 is 11.2. The minimum atomic E-state index is -0.609. The maximum Gasteiger partial charge on any atom is 0.136 e. The van der Waals surface area contributed by atoms with Gasteiger partial charge < -0.3 is 19.9 Å². The van der Waals surface area contributed by atoms with E-state index < -0.39 is 6.10 Å². The fourth-order valence-corrected chi connectivity index (χ4v) is 1.97. The first-order valence-corrected chi connectivity index (χ1v) is 5.67. The van der Waals surface area contributed by atoms with Crippen molar-refractivity contribution in [3.8, 4) is 11.5 Å². The molecule has 0 heterocycles. The Kier molecular flexibility index (Phi) is 5.05. The molecule has 0 aromatic heterocycles. The average molecular weight is 290 g/mol. The van der Waals surface area contributed by atoms with Gasteiger partial charge in [0.2, 0.25) is 0 Å². The lowest BCUT2D eigenvalue weighted by atomic mass is 10.1. The van der Waals surface area contributed by atoms with E-state index in [9.17, 15) is 5.11 Å². The van der Waals surface area contributed by atoms with Crippen LogP contribution < -0.4 is 14.8 Å². The summed E-state index contributed by atoms with van der Waals surface area (Å²) >= 11 is 3.38. The second kappa shape index (κ2) is 6.08. The molecule has 4 nitrogen and oxygen atoms in total. The van der Waals surface area contributed by atoms with Gasteiger partial charge >= 0.3 is 0 Å². The van der Waals surface area contributed by atoms with Gasteiger partial charge in [-0.15, -0.1) is 0 Å². The predicted molar refractivity (Wildman–Crippen MR) is 66.1 cm³/mol. The zero-order valence-corrected chi connectivity index (χ0v) is 11.2. The molecular formula is C11H16BrNO3. The summed E-state index contributed by atoms with van der Waals surface area (Å²) in [5, 5.41) is 12.8. The van der Waals surface area contributed by atoms with Gasteiger partial charge in [0.25, 0.3) is 0 Å². The third kappa shape index (κ3) is 2.87. The molecule has 2 N–H and O–H groups in total. The van der Waals surface area contributed by atoms with Gasteiger partial charge in [-0.05, 0) is 29.0 Å². The summed E-state index contributed by atoms with van der Waals surface area (Å²) in [5.74, 6) is 1.29. The average Bonchev–Trinajstić information content (AvgIpc) is 2.29. The minimum Gasteiger partial charge on any atom is -0.496 e. The Morgan fingerprint density at radius 1 is 1.31 bits per heavy atom. The molecule has 0 radical (unpaired) electrons. The van der Waals surface area contributed by atoms with Crippen LogP contribution in [0.2, 0.25) is 0 Å². The monoisotopic (exact) mass is 289 g/mol. The molecule has 0 saturated carbocycles. The first kappa shape index (κ1) is 13.3. The van der Waals surface area contributed by atoms with Crippen LogP contribution in [0, 0.1) is 0 Å². The van der Waals surface area contributed by atoms with Gasteiger partial charge in [0, 0.05) is 18.2 Å². The number of benzene rings is 1. The Morgan fingerprint density at radius 3 is 2.44 bits per heavy atom. The first-order valence-electron chi connectivity index (χ1n) is 4.88. The molecule has 1 atom stereocenters. The van der Waals surface area contributed by atoms with Crippen LogP contribution in [0.4, 0.5) is 0 Å². The number of nitrogens with one attached hydrogen (secondary N) is 1. The number of aliphatic hydroxyl groups is 1. The number of aliphatic hydroxyl groups excluding tert-OH is 1. The molecule has 1 rings (SSSR count). The van der Waals surface area contributed by atoms with E-state index in [1.807, 2.05) is 0 Å². The van der Waals surface area contributed by atoms with Gasteiger partial charge in [-0.3, -0.25) is 0 Å². The van der Waals surface area contributed by atoms with E-state index in [0.717, 1.165) is 10.0 Å². The van der Waals surface area contributed by atoms with E-state index >= 15 is 0 Å². The molecule has 0 saturated heterocycles. The summed E-state index contributed by atoms with van der Waals surface area (Å²) in [6.07, 6.45) is -0.609. The molecule has 0 amide bonds. The second-order valence-electron chi connectivity index (χ2n) is 3.30. The predicted octanol–water partition coefficient (Wildman–Crippen LogP) is 1.72. The zero-order chi connectivity index (χ0) is 12.1. The topological polar surface area (TPSA) is 50.7 Å². The van der Waals surface area contributed by atoms with Crippen LogP contribution in [-0.4, -0.2) is 32.9 Å². The third-order valence-corrected chi connectivity index (χ3v) is 2.88. The SMILES string of the molecule is CNCC(O)c1cc(Br)c(OC)cc1OC. The Bertz CT molecular complexity index is 357. The Morgan fingerprint density at radius 2 is 1.94 bits per heavy atom. The summed E-state index contributed by atoms with van der Waals surface area (Å²) in [6.45, 7) is 0.467. The summed E-state index contributed by atoms with van der Waals surface area (Å²) in [6, 6.07) is 3.55. The van der Waals surface area contributed by atoms with Gasteiger partial charge in [-0.25, -0.2) is 0 Å². The number of ether oxygens (including phenoxy) is 2. The van der Waals surface area contributed by atoms with Crippen LogP contribution in [0.15, 0.2) is 16.6 Å². The molecule has 16 heavy (non-hydrogen) atoms. The molecule has 0 fully saturated rings. The van der Waals surface area contributed by atoms with Crippen LogP contribution in [0.25, 0.3) is 0 Å². The van der Waals surface area contributed by atoms with Crippen LogP contribution in [0.3, 0.4) is 0 Å². The van der Waals surface area contributed by atoms with Crippen molar-refractivity contribution >= 4 is 15.9 Å². The molecule has 0 aliphatic rings. The standard InChI is InChI=1S/C11H16BrNO3/c1-13-6-9(14)7-4-8(12)11(16-3)5-10(7)15-2/h4-5,9,13-14H,6H2,1-3H3. The van der Waals surface area contributed by atoms with Crippen molar-refractivity contribution in [2.45, 2.75) is 6.10 Å². The van der Waals surface area contributed by atoms with Crippen LogP contribution in [-0.2, 0) is 0 Å². The summed E-state index contributed by atoms with van der Waals surface area (Å²) in [7, 11) is 4.94. The maximum absolute atomic E-state index is 9.92. The molecule has 5 heteroatoms. The molecule has 1 aromatic rings. The Balaban J connectivity index is 3.12. The van der Waals surface area contributed by atoms with E-state index in [1.54, 1.807) is 33.4 Å². The first-order chi connectivity index (χ1) is 7.63. The second-order valence-corrected chi connectivity index (χ2v) is 4.16. The van der Waals surface area contributed by atoms with Crippen LogP contribution >= 0.6 is 15.9 Å². The molecule has 90 valence electrons. The lowest BCUT2D eigenvalue weighted by Gasteiger charge is -2.16. The highest BCUT2D eigenvalue weighted by atomic mass is 79.9. The largest absolute Gasteiger partial charge is 0.496 e. The zero-order valence-electron chi connectivity index (χ0n) is 9.58. The Labute approximate surface area is 104 Å². The summed E-state index contributed by atoms with van der Waals surface area (Å²) in [5.41, 5.74) is 0.726. The van der Waals surface area contributed by atoms with Crippen molar-refractivity contribution in [1.29, 1.82) is 0 Å². The summed E-state index contributed by atoms with van der Waals surface area (Å²) in [4.78, 5) is 0. The molecule has 1 unspecified atom stereocenters. The van der Waals surface area contributed by atoms with Crippen LogP contribution in [0.1, 0.15) is 11.7 Å². The van der Waals surface area contributed by atoms with E-state index in [4.69, 9.17) is 9.47 Å². The highest BCUT2D eigenvalue weighted by Gasteiger charge is 2.15. The van der Waals surface area contributed by atoms with E-state index in [1.165, 1.54) is 0 Å².